The van der Waals surface area contributed by atoms with Gasteiger partial charge in [0.25, 0.3) is 0 Å². The summed E-state index contributed by atoms with van der Waals surface area (Å²) < 4.78 is 49.8. The zero-order chi connectivity index (χ0) is 15.0. The first-order valence-corrected chi connectivity index (χ1v) is 10.0. The van der Waals surface area contributed by atoms with Crippen LogP contribution in [-0.2, 0) is 19.9 Å². The third-order valence-corrected chi connectivity index (χ3v) is 7.45. The SMILES string of the molecule is Nc1cc(S(=O)(=O)N2CCCS(=O)(=O)CC2)ccc1Br. The maximum Gasteiger partial charge on any atom is 0.243 e. The van der Waals surface area contributed by atoms with Crippen molar-refractivity contribution < 1.29 is 16.8 Å². The molecule has 20 heavy (non-hydrogen) atoms. The van der Waals surface area contributed by atoms with Gasteiger partial charge in [-0.15, -0.1) is 0 Å². The minimum Gasteiger partial charge on any atom is -0.398 e. The summed E-state index contributed by atoms with van der Waals surface area (Å²) in [6, 6.07) is 4.39. The third-order valence-electron chi connectivity index (χ3n) is 3.12. The van der Waals surface area contributed by atoms with Gasteiger partial charge < -0.3 is 5.73 Å². The predicted molar refractivity (Wildman–Crippen MR) is 80.6 cm³/mol. The number of rotatable bonds is 2. The van der Waals surface area contributed by atoms with Crippen LogP contribution in [0.5, 0.6) is 0 Å². The van der Waals surface area contributed by atoms with Crippen LogP contribution in [0.4, 0.5) is 5.69 Å². The Kier molecular flexibility index (Phi) is 4.43. The van der Waals surface area contributed by atoms with Crippen LogP contribution >= 0.6 is 15.9 Å². The highest BCUT2D eigenvalue weighted by molar-refractivity contribution is 9.10. The molecule has 6 nitrogen and oxygen atoms in total. The Labute approximate surface area is 127 Å². The van der Waals surface area contributed by atoms with E-state index in [2.05, 4.69) is 15.9 Å². The average Bonchev–Trinajstić information content (AvgIpc) is 2.54. The van der Waals surface area contributed by atoms with E-state index in [0.717, 1.165) is 0 Å². The second kappa shape index (κ2) is 5.63. The van der Waals surface area contributed by atoms with Crippen LogP contribution in [0.3, 0.4) is 0 Å². The Bertz CT molecular complexity index is 716. The number of nitrogens with zero attached hydrogens (tertiary/aromatic N) is 1. The fourth-order valence-corrected chi connectivity index (χ4v) is 5.14. The van der Waals surface area contributed by atoms with Gasteiger partial charge in [-0.25, -0.2) is 16.8 Å². The normalized spacial score (nSPS) is 20.4. The van der Waals surface area contributed by atoms with Crippen LogP contribution in [0.25, 0.3) is 0 Å². The van der Waals surface area contributed by atoms with Crippen molar-refractivity contribution in [1.82, 2.24) is 4.31 Å². The Balaban J connectivity index is 2.32. The molecule has 0 bridgehead atoms. The number of hydrogen-bond acceptors (Lipinski definition) is 5. The van der Waals surface area contributed by atoms with Gasteiger partial charge in [-0.2, -0.15) is 4.31 Å². The molecule has 0 saturated carbocycles. The summed E-state index contributed by atoms with van der Waals surface area (Å²) in [7, 11) is -6.85. The quantitative estimate of drug-likeness (QED) is 0.764. The summed E-state index contributed by atoms with van der Waals surface area (Å²) in [4.78, 5) is 0.0810. The van der Waals surface area contributed by atoms with Gasteiger partial charge in [0, 0.05) is 23.2 Å². The van der Waals surface area contributed by atoms with Crippen LogP contribution in [0, 0.1) is 0 Å². The molecule has 1 aliphatic heterocycles. The molecule has 1 aromatic rings. The Hall–Kier alpha value is -0.640. The van der Waals surface area contributed by atoms with Gasteiger partial charge in [-0.05, 0) is 40.5 Å². The molecular weight excluding hydrogens is 368 g/mol. The standard InChI is InChI=1S/C11H15BrN2O4S2/c12-10-3-2-9(8-11(10)13)20(17,18)14-4-1-6-19(15,16)7-5-14/h2-3,8H,1,4-7,13H2. The van der Waals surface area contributed by atoms with Gasteiger partial charge in [0.15, 0.2) is 9.84 Å². The molecule has 1 aromatic carbocycles. The average molecular weight is 383 g/mol. The second-order valence-electron chi connectivity index (χ2n) is 4.59. The van der Waals surface area contributed by atoms with E-state index in [1.54, 1.807) is 6.07 Å². The molecule has 0 amide bonds. The van der Waals surface area contributed by atoms with E-state index in [-0.39, 0.29) is 29.5 Å². The molecule has 1 heterocycles. The molecule has 0 radical (unpaired) electrons. The van der Waals surface area contributed by atoms with Crippen LogP contribution in [0.2, 0.25) is 0 Å². The largest absolute Gasteiger partial charge is 0.398 e. The highest BCUT2D eigenvalue weighted by Crippen LogP contribution is 2.25. The summed E-state index contributed by atoms with van der Waals surface area (Å²) in [5.41, 5.74) is 6.02. The van der Waals surface area contributed by atoms with Crippen LogP contribution in [0.1, 0.15) is 6.42 Å². The van der Waals surface area contributed by atoms with Crippen molar-refractivity contribution in [2.24, 2.45) is 0 Å². The van der Waals surface area contributed by atoms with Crippen molar-refractivity contribution in [3.8, 4) is 0 Å². The summed E-state index contributed by atoms with van der Waals surface area (Å²) in [6.45, 7) is 0.193. The molecule has 0 aliphatic carbocycles. The monoisotopic (exact) mass is 382 g/mol. The number of nitrogen functional groups attached to an aromatic ring is 1. The Morgan fingerprint density at radius 1 is 1.20 bits per heavy atom. The van der Waals surface area contributed by atoms with Crippen molar-refractivity contribution in [3.63, 3.8) is 0 Å². The molecule has 9 heteroatoms. The van der Waals surface area contributed by atoms with Crippen LogP contribution in [0.15, 0.2) is 27.6 Å². The number of benzene rings is 1. The molecular formula is C11H15BrN2O4S2. The molecule has 1 aliphatic rings. The summed E-state index contributed by atoms with van der Waals surface area (Å²) in [5, 5.41) is 0. The molecule has 1 saturated heterocycles. The van der Waals surface area contributed by atoms with Gasteiger partial charge in [0.05, 0.1) is 16.4 Å². The van der Waals surface area contributed by atoms with Crippen molar-refractivity contribution in [2.45, 2.75) is 11.3 Å². The van der Waals surface area contributed by atoms with E-state index < -0.39 is 19.9 Å². The lowest BCUT2D eigenvalue weighted by Crippen LogP contribution is -2.33. The zero-order valence-corrected chi connectivity index (χ0v) is 13.8. The number of sulfonamides is 1. The van der Waals surface area contributed by atoms with Crippen molar-refractivity contribution in [3.05, 3.63) is 22.7 Å². The molecule has 0 aromatic heterocycles. The van der Waals surface area contributed by atoms with Gasteiger partial charge in [0.2, 0.25) is 10.0 Å². The van der Waals surface area contributed by atoms with Crippen molar-refractivity contribution in [1.29, 1.82) is 0 Å². The predicted octanol–water partition coefficient (Wildman–Crippen LogP) is 0.841. The minimum atomic E-state index is -3.71. The molecule has 2 N–H and O–H groups in total. The molecule has 0 spiro atoms. The van der Waals surface area contributed by atoms with Crippen molar-refractivity contribution in [2.75, 3.05) is 30.3 Å². The smallest absolute Gasteiger partial charge is 0.243 e. The maximum atomic E-state index is 12.5. The summed E-state index contributed by atoms with van der Waals surface area (Å²) in [5.74, 6) is -0.111. The molecule has 112 valence electrons. The fraction of sp³-hybridized carbons (Fsp3) is 0.455. The van der Waals surface area contributed by atoms with E-state index in [9.17, 15) is 16.8 Å². The van der Waals surface area contributed by atoms with Gasteiger partial charge in [-0.1, -0.05) is 0 Å². The van der Waals surface area contributed by atoms with E-state index in [4.69, 9.17) is 5.73 Å². The van der Waals surface area contributed by atoms with E-state index in [1.165, 1.54) is 16.4 Å². The minimum absolute atomic E-state index is 0.0133. The van der Waals surface area contributed by atoms with Crippen LogP contribution < -0.4 is 5.73 Å². The molecule has 0 atom stereocenters. The first-order chi connectivity index (χ1) is 9.22. The first kappa shape index (κ1) is 15.7. The number of nitrogens with two attached hydrogens (primary N) is 1. The van der Waals surface area contributed by atoms with Crippen LogP contribution in [-0.4, -0.2) is 45.7 Å². The number of sulfone groups is 1. The molecule has 0 unspecified atom stereocenters. The van der Waals surface area contributed by atoms with Gasteiger partial charge in [-0.3, -0.25) is 0 Å². The Morgan fingerprint density at radius 2 is 1.90 bits per heavy atom. The number of halogens is 1. The fourth-order valence-electron chi connectivity index (χ4n) is 1.99. The summed E-state index contributed by atoms with van der Waals surface area (Å²) >= 11 is 3.21. The zero-order valence-electron chi connectivity index (χ0n) is 10.6. The lowest BCUT2D eigenvalue weighted by atomic mass is 10.3. The number of anilines is 1. The number of hydrogen-bond donors (Lipinski definition) is 1. The maximum absolute atomic E-state index is 12.5. The first-order valence-electron chi connectivity index (χ1n) is 5.98. The van der Waals surface area contributed by atoms with E-state index in [1.807, 2.05) is 0 Å². The van der Waals surface area contributed by atoms with Crippen molar-refractivity contribution >= 4 is 41.5 Å². The third kappa shape index (κ3) is 3.33. The second-order valence-corrected chi connectivity index (χ2v) is 9.69. The van der Waals surface area contributed by atoms with E-state index in [0.29, 0.717) is 16.6 Å². The lowest BCUT2D eigenvalue weighted by molar-refractivity contribution is 0.434. The molecule has 2 rings (SSSR count). The Morgan fingerprint density at radius 3 is 2.55 bits per heavy atom. The highest BCUT2D eigenvalue weighted by atomic mass is 79.9. The topological polar surface area (TPSA) is 97.5 Å². The summed E-state index contributed by atoms with van der Waals surface area (Å²) in [6.07, 6.45) is 0.313. The van der Waals surface area contributed by atoms with Gasteiger partial charge in [0.1, 0.15) is 0 Å². The van der Waals surface area contributed by atoms with Gasteiger partial charge >= 0.3 is 0 Å². The molecule has 1 fully saturated rings. The van der Waals surface area contributed by atoms with E-state index >= 15 is 0 Å². The highest BCUT2D eigenvalue weighted by Gasteiger charge is 2.29. The lowest BCUT2D eigenvalue weighted by Gasteiger charge is -2.19.